The summed E-state index contributed by atoms with van der Waals surface area (Å²) >= 11 is 1.32. The van der Waals surface area contributed by atoms with Gasteiger partial charge in [-0.2, -0.15) is 0 Å². The number of ether oxygens (including phenoxy) is 1. The Morgan fingerprint density at radius 3 is 2.69 bits per heavy atom. The van der Waals surface area contributed by atoms with E-state index in [1.807, 2.05) is 38.3 Å². The van der Waals surface area contributed by atoms with Gasteiger partial charge < -0.3 is 10.1 Å². The second kappa shape index (κ2) is 8.87. The maximum atomic E-state index is 12.6. The molecule has 1 amide bonds. The molecule has 6 nitrogen and oxygen atoms in total. The van der Waals surface area contributed by atoms with Gasteiger partial charge in [-0.1, -0.05) is 35.9 Å². The van der Waals surface area contributed by atoms with Gasteiger partial charge in [0.1, 0.15) is 6.61 Å². The van der Waals surface area contributed by atoms with E-state index in [1.165, 1.54) is 23.0 Å². The number of amides is 1. The predicted octanol–water partition coefficient (Wildman–Crippen LogP) is 5.34. The number of thiophene rings is 1. The molecular formula is C22H22N2O4S. The molecule has 1 N–H and O–H groups in total. The number of benzene rings is 2. The monoisotopic (exact) mass is 410 g/mol. The van der Waals surface area contributed by atoms with Crippen molar-refractivity contribution >= 4 is 22.9 Å². The Morgan fingerprint density at radius 1 is 1.21 bits per heavy atom. The summed E-state index contributed by atoms with van der Waals surface area (Å²) in [5.41, 5.74) is 4.12. The summed E-state index contributed by atoms with van der Waals surface area (Å²) in [7, 11) is 0. The minimum absolute atomic E-state index is 0.0806. The first-order valence-electron chi connectivity index (χ1n) is 9.17. The molecule has 1 atom stereocenters. The van der Waals surface area contributed by atoms with Crippen molar-refractivity contribution in [1.29, 1.82) is 0 Å². The summed E-state index contributed by atoms with van der Waals surface area (Å²) in [6.07, 6.45) is 0. The van der Waals surface area contributed by atoms with Crippen LogP contribution in [0.15, 0.2) is 53.9 Å². The molecule has 1 unspecified atom stereocenters. The highest BCUT2D eigenvalue weighted by atomic mass is 32.1. The second-order valence-electron chi connectivity index (χ2n) is 6.89. The van der Waals surface area contributed by atoms with Crippen LogP contribution in [0.5, 0.6) is 5.75 Å². The van der Waals surface area contributed by atoms with Crippen LogP contribution < -0.4 is 10.1 Å². The van der Waals surface area contributed by atoms with Crippen LogP contribution in [0, 0.1) is 24.0 Å². The van der Waals surface area contributed by atoms with Crippen molar-refractivity contribution in [3.63, 3.8) is 0 Å². The molecule has 1 aromatic heterocycles. The smallest absolute Gasteiger partial charge is 0.310 e. The van der Waals surface area contributed by atoms with Crippen LogP contribution in [0.2, 0.25) is 0 Å². The highest BCUT2D eigenvalue weighted by Crippen LogP contribution is 2.27. The van der Waals surface area contributed by atoms with Gasteiger partial charge >= 0.3 is 5.69 Å². The highest BCUT2D eigenvalue weighted by Gasteiger charge is 2.17. The van der Waals surface area contributed by atoms with Gasteiger partial charge in [-0.25, -0.2) is 0 Å². The lowest BCUT2D eigenvalue weighted by Gasteiger charge is -2.16. The molecule has 0 bridgehead atoms. The number of hydrogen-bond acceptors (Lipinski definition) is 5. The van der Waals surface area contributed by atoms with E-state index in [-0.39, 0.29) is 30.0 Å². The summed E-state index contributed by atoms with van der Waals surface area (Å²) in [4.78, 5) is 23.8. The number of nitro groups is 1. The van der Waals surface area contributed by atoms with Crippen LogP contribution in [0.25, 0.3) is 0 Å². The largest absolute Gasteiger partial charge is 0.482 e. The predicted molar refractivity (Wildman–Crippen MR) is 114 cm³/mol. The Morgan fingerprint density at radius 2 is 1.97 bits per heavy atom. The zero-order chi connectivity index (χ0) is 21.0. The first-order valence-corrected chi connectivity index (χ1v) is 10.0. The third-order valence-corrected chi connectivity index (χ3v) is 5.55. The molecule has 2 aromatic carbocycles. The molecule has 3 rings (SSSR count). The molecule has 0 saturated heterocycles. The van der Waals surface area contributed by atoms with Crippen LogP contribution in [-0.4, -0.2) is 10.8 Å². The summed E-state index contributed by atoms with van der Waals surface area (Å²) < 4.78 is 5.59. The normalized spacial score (nSPS) is 11.7. The average Bonchev–Trinajstić information content (AvgIpc) is 3.15. The minimum Gasteiger partial charge on any atom is -0.482 e. The first-order chi connectivity index (χ1) is 13.8. The van der Waals surface area contributed by atoms with Gasteiger partial charge in [0.05, 0.1) is 15.8 Å². The first kappa shape index (κ1) is 20.5. The maximum Gasteiger partial charge on any atom is 0.310 e. The molecule has 0 aliphatic heterocycles. The quantitative estimate of drug-likeness (QED) is 0.421. The second-order valence-corrected chi connectivity index (χ2v) is 7.80. The molecule has 0 aliphatic rings. The molecular weight excluding hydrogens is 388 g/mol. The number of nitrogens with zero attached hydrogens (tertiary/aromatic N) is 1. The third kappa shape index (κ3) is 5.00. The Kier molecular flexibility index (Phi) is 6.29. The SMILES string of the molecule is Cc1ccc(C(C)NC(=O)c2cc(COc3ccccc3[N+](=O)[O-])cs2)c(C)c1. The van der Waals surface area contributed by atoms with Gasteiger partial charge in [-0.15, -0.1) is 11.3 Å². The lowest BCUT2D eigenvalue weighted by molar-refractivity contribution is -0.385. The van der Waals surface area contributed by atoms with Gasteiger partial charge in [0.2, 0.25) is 0 Å². The van der Waals surface area contributed by atoms with Crippen LogP contribution in [0.1, 0.15) is 44.9 Å². The molecule has 0 radical (unpaired) electrons. The summed E-state index contributed by atoms with van der Waals surface area (Å²) in [6, 6.07) is 14.0. The van der Waals surface area contributed by atoms with Crippen molar-refractivity contribution in [1.82, 2.24) is 5.32 Å². The fourth-order valence-electron chi connectivity index (χ4n) is 3.12. The number of hydrogen-bond donors (Lipinski definition) is 1. The zero-order valence-electron chi connectivity index (χ0n) is 16.5. The molecule has 29 heavy (non-hydrogen) atoms. The summed E-state index contributed by atoms with van der Waals surface area (Å²) in [5, 5.41) is 15.9. The number of rotatable bonds is 7. The zero-order valence-corrected chi connectivity index (χ0v) is 17.3. The van der Waals surface area contributed by atoms with Crippen molar-refractivity contribution in [2.75, 3.05) is 0 Å². The summed E-state index contributed by atoms with van der Waals surface area (Å²) in [5.74, 6) is 0.0533. The van der Waals surface area contributed by atoms with Gasteiger partial charge in [0.15, 0.2) is 5.75 Å². The number of carbonyl (C=O) groups excluding carboxylic acids is 1. The minimum atomic E-state index is -0.476. The fourth-order valence-corrected chi connectivity index (χ4v) is 3.92. The number of carbonyl (C=O) groups is 1. The van der Waals surface area contributed by atoms with Crippen molar-refractivity contribution in [3.8, 4) is 5.75 Å². The van der Waals surface area contributed by atoms with E-state index < -0.39 is 4.92 Å². The molecule has 0 fully saturated rings. The van der Waals surface area contributed by atoms with Crippen LogP contribution in [0.4, 0.5) is 5.69 Å². The molecule has 7 heteroatoms. The van der Waals surface area contributed by atoms with Crippen LogP contribution in [0.3, 0.4) is 0 Å². The summed E-state index contributed by atoms with van der Waals surface area (Å²) in [6.45, 7) is 6.19. The van der Waals surface area contributed by atoms with Crippen molar-refractivity contribution in [3.05, 3.63) is 91.2 Å². The Bertz CT molecular complexity index is 1040. The Hall–Kier alpha value is -3.19. The highest BCUT2D eigenvalue weighted by molar-refractivity contribution is 7.12. The van der Waals surface area contributed by atoms with Crippen molar-refractivity contribution in [2.24, 2.45) is 0 Å². The van der Waals surface area contributed by atoms with E-state index in [9.17, 15) is 14.9 Å². The Labute approximate surface area is 173 Å². The Balaban J connectivity index is 1.63. The number of nitro benzene ring substituents is 1. The van der Waals surface area contributed by atoms with Crippen LogP contribution >= 0.6 is 11.3 Å². The molecule has 3 aromatic rings. The molecule has 0 saturated carbocycles. The lowest BCUT2D eigenvalue weighted by Crippen LogP contribution is -2.26. The van der Waals surface area contributed by atoms with Crippen molar-refractivity contribution in [2.45, 2.75) is 33.4 Å². The fraction of sp³-hybridized carbons (Fsp3) is 0.227. The lowest BCUT2D eigenvalue weighted by atomic mass is 10.0. The van der Waals surface area contributed by atoms with E-state index in [1.54, 1.807) is 24.3 Å². The van der Waals surface area contributed by atoms with Gasteiger partial charge in [-0.3, -0.25) is 14.9 Å². The van der Waals surface area contributed by atoms with E-state index in [4.69, 9.17) is 4.74 Å². The van der Waals surface area contributed by atoms with E-state index in [2.05, 4.69) is 11.4 Å². The molecule has 150 valence electrons. The number of para-hydroxylation sites is 2. The van der Waals surface area contributed by atoms with E-state index in [0.29, 0.717) is 4.88 Å². The molecule has 1 heterocycles. The van der Waals surface area contributed by atoms with E-state index >= 15 is 0 Å². The average molecular weight is 410 g/mol. The standard InChI is InChI=1S/C22H22N2O4S/c1-14-8-9-18(15(2)10-14)16(3)23-22(25)21-11-17(13-29-21)12-28-20-7-5-4-6-19(20)24(26)27/h4-11,13,16H,12H2,1-3H3,(H,23,25). The van der Waals surface area contributed by atoms with Gasteiger partial charge in [0, 0.05) is 11.6 Å². The van der Waals surface area contributed by atoms with Crippen molar-refractivity contribution < 1.29 is 14.5 Å². The third-order valence-electron chi connectivity index (χ3n) is 4.57. The van der Waals surface area contributed by atoms with Crippen LogP contribution in [-0.2, 0) is 6.61 Å². The van der Waals surface area contributed by atoms with Gasteiger partial charge in [0.25, 0.3) is 5.91 Å². The molecule has 0 aliphatic carbocycles. The van der Waals surface area contributed by atoms with Gasteiger partial charge in [-0.05, 0) is 49.4 Å². The maximum absolute atomic E-state index is 12.6. The number of aryl methyl sites for hydroxylation is 2. The van der Waals surface area contributed by atoms with E-state index in [0.717, 1.165) is 16.7 Å². The topological polar surface area (TPSA) is 81.5 Å². The molecule has 0 spiro atoms. The number of nitrogens with one attached hydrogen (secondary N) is 1.